The smallest absolute Gasteiger partial charge is 0.308 e. The van der Waals surface area contributed by atoms with Crippen molar-refractivity contribution in [3.63, 3.8) is 0 Å². The number of carbonyl (C=O) groups excluding carboxylic acids is 2. The van der Waals surface area contributed by atoms with E-state index in [0.717, 1.165) is 39.4 Å². The molecule has 0 N–H and O–H groups in total. The van der Waals surface area contributed by atoms with Crippen molar-refractivity contribution < 1.29 is 42.4 Å². The van der Waals surface area contributed by atoms with Gasteiger partial charge in [-0.25, -0.2) is 0 Å². The van der Waals surface area contributed by atoms with Crippen molar-refractivity contribution in [3.8, 4) is 11.5 Å². The molecule has 0 unspecified atom stereocenters. The molecule has 6 rings (SSSR count). The van der Waals surface area contributed by atoms with Gasteiger partial charge >= 0.3 is 5.97 Å². The van der Waals surface area contributed by atoms with E-state index < -0.39 is 40.1 Å². The van der Waals surface area contributed by atoms with Crippen LogP contribution in [0.4, 0.5) is 0 Å². The molecule has 2 heterocycles. The van der Waals surface area contributed by atoms with Gasteiger partial charge in [-0.1, -0.05) is 150 Å². The molecule has 2 aliphatic rings. The predicted octanol–water partition coefficient (Wildman–Crippen LogP) is 10.2. The number of rotatable bonds is 20. The van der Waals surface area contributed by atoms with Crippen molar-refractivity contribution >= 4 is 38.5 Å². The third-order valence-electron chi connectivity index (χ3n) is 12.7. The summed E-state index contributed by atoms with van der Waals surface area (Å²) < 4.78 is 44.1. The van der Waals surface area contributed by atoms with Crippen molar-refractivity contribution in [2.75, 3.05) is 20.8 Å². The van der Waals surface area contributed by atoms with Crippen molar-refractivity contribution in [1.29, 1.82) is 0 Å². The lowest BCUT2D eigenvalue weighted by Crippen LogP contribution is -2.68. The van der Waals surface area contributed by atoms with Crippen LogP contribution in [0.1, 0.15) is 84.3 Å². The molecule has 2 aliphatic heterocycles. The van der Waals surface area contributed by atoms with E-state index >= 15 is 0 Å². The van der Waals surface area contributed by atoms with Crippen LogP contribution in [0.3, 0.4) is 0 Å². The Morgan fingerprint density at radius 2 is 1.26 bits per heavy atom. The molecule has 0 bridgehead atoms. The summed E-state index contributed by atoms with van der Waals surface area (Å²) in [5.74, 6) is 1.29. The van der Waals surface area contributed by atoms with E-state index in [-0.39, 0.29) is 48.4 Å². The minimum Gasteiger partial charge on any atom is -0.497 e. The number of Topliss-reactive ketones (excluding diaryl/α,β-unsaturated/α-hetero) is 1. The Balaban J connectivity index is 1.23. The third kappa shape index (κ3) is 13.4. The molecule has 0 radical (unpaired) electrons. The van der Waals surface area contributed by atoms with Gasteiger partial charge in [0.25, 0.3) is 8.32 Å². The van der Waals surface area contributed by atoms with Crippen LogP contribution in [0.25, 0.3) is 0 Å². The highest BCUT2D eigenvalue weighted by Gasteiger charge is 2.53. The molecule has 0 aliphatic carbocycles. The second kappa shape index (κ2) is 22.0. The van der Waals surface area contributed by atoms with Gasteiger partial charge in [0.05, 0.1) is 73.0 Å². The Morgan fingerprint density at radius 3 is 1.78 bits per heavy atom. The molecule has 0 saturated carbocycles. The van der Waals surface area contributed by atoms with Gasteiger partial charge in [-0.05, 0) is 63.6 Å². The number of hydrogen-bond donors (Lipinski definition) is 0. The standard InChI is InChI=1S/C54H72O9Si2/c1-53(2,3)65(48-17-13-11-14-18-48,49-19-15-12-16-20-49)63-46-31-45(62-52(56)34-46)33-51(60-36-40-23-27-43(58-7)28-24-40)54(4,5)50(55)32-44-29-41(38-64(8,9)10)30-47(61-44)37-59-35-39-21-25-42(57-6)26-22-39/h11-28,38,44-47,51H,29-37H2,1-10H3/b41-38-/t44-,45+,46+,47+,51-/m0/s1. The molecular formula is C54H72O9Si2. The first-order chi connectivity index (χ1) is 30.9. The van der Waals surface area contributed by atoms with E-state index in [1.54, 1.807) is 14.2 Å². The largest absolute Gasteiger partial charge is 0.497 e. The summed E-state index contributed by atoms with van der Waals surface area (Å²) in [4.78, 5) is 28.5. The minimum absolute atomic E-state index is 0.0385. The Kier molecular flexibility index (Phi) is 16.9. The molecule has 2 saturated heterocycles. The SMILES string of the molecule is COc1ccc(COC[C@H]2C/C(=C\[Si](C)(C)C)C[C@@H](CC(=O)C(C)(C)[C@H](C[C@H]3C[C@@H](O[Si](c4ccccc4)(c4ccccc4)C(C)(C)C)CC(=O)O3)OCc3ccc(OC)cc3)O2)cc1. The summed E-state index contributed by atoms with van der Waals surface area (Å²) in [5.41, 5.74) is 4.82. The molecule has 4 aromatic rings. The zero-order chi connectivity index (χ0) is 46.8. The Labute approximate surface area is 390 Å². The fourth-order valence-electron chi connectivity index (χ4n) is 9.41. The minimum atomic E-state index is -2.97. The van der Waals surface area contributed by atoms with Gasteiger partial charge < -0.3 is 32.8 Å². The Morgan fingerprint density at radius 1 is 0.723 bits per heavy atom. The van der Waals surface area contributed by atoms with Gasteiger partial charge in [0.2, 0.25) is 0 Å². The van der Waals surface area contributed by atoms with E-state index in [2.05, 4.69) is 94.6 Å². The van der Waals surface area contributed by atoms with Crippen LogP contribution < -0.4 is 19.8 Å². The summed E-state index contributed by atoms with van der Waals surface area (Å²) in [7, 11) is -1.25. The topological polar surface area (TPSA) is 98.8 Å². The molecule has 5 atom stereocenters. The lowest BCUT2D eigenvalue weighted by atomic mass is 9.76. The van der Waals surface area contributed by atoms with Crippen LogP contribution >= 0.6 is 0 Å². The number of cyclic esters (lactones) is 1. The maximum Gasteiger partial charge on any atom is 0.308 e. The normalized spacial score (nSPS) is 20.8. The molecular weight excluding hydrogens is 849 g/mol. The quantitative estimate of drug-likeness (QED) is 0.0634. The molecule has 65 heavy (non-hydrogen) atoms. The van der Waals surface area contributed by atoms with E-state index in [0.29, 0.717) is 32.5 Å². The number of hydrogen-bond acceptors (Lipinski definition) is 9. The number of methoxy groups -OCH3 is 2. The van der Waals surface area contributed by atoms with Gasteiger partial charge in [0, 0.05) is 24.7 Å². The summed E-state index contributed by atoms with van der Waals surface area (Å²) >= 11 is 0. The molecule has 2 fully saturated rings. The van der Waals surface area contributed by atoms with Crippen LogP contribution in [-0.4, -0.2) is 79.5 Å². The van der Waals surface area contributed by atoms with Gasteiger partial charge in [0.1, 0.15) is 23.4 Å². The van der Waals surface area contributed by atoms with Crippen LogP contribution in [0.2, 0.25) is 24.7 Å². The first kappa shape index (κ1) is 50.1. The van der Waals surface area contributed by atoms with E-state index in [9.17, 15) is 9.59 Å². The van der Waals surface area contributed by atoms with E-state index in [1.807, 2.05) is 74.5 Å². The average Bonchev–Trinajstić information content (AvgIpc) is 3.26. The summed E-state index contributed by atoms with van der Waals surface area (Å²) in [6.07, 6.45) is 0.641. The van der Waals surface area contributed by atoms with Gasteiger partial charge in [0.15, 0.2) is 0 Å². The number of ether oxygens (including phenoxy) is 6. The highest BCUT2D eigenvalue weighted by molar-refractivity contribution is 6.99. The van der Waals surface area contributed by atoms with Crippen LogP contribution in [-0.2, 0) is 46.2 Å². The molecule has 4 aromatic carbocycles. The van der Waals surface area contributed by atoms with Crippen molar-refractivity contribution in [2.24, 2.45) is 5.41 Å². The third-order valence-corrected chi connectivity index (χ3v) is 19.1. The zero-order valence-electron chi connectivity index (χ0n) is 40.4. The second-order valence-corrected chi connectivity index (χ2v) is 29.8. The van der Waals surface area contributed by atoms with Gasteiger partial charge in [-0.2, -0.15) is 0 Å². The van der Waals surface area contributed by atoms with Crippen LogP contribution in [0.5, 0.6) is 11.5 Å². The Hall–Kier alpha value is -4.37. The fourth-order valence-corrected chi connectivity index (χ4v) is 15.6. The lowest BCUT2D eigenvalue weighted by molar-refractivity contribution is -0.165. The van der Waals surface area contributed by atoms with Crippen molar-refractivity contribution in [2.45, 2.75) is 142 Å². The molecule has 0 spiro atoms. The highest BCUT2D eigenvalue weighted by Crippen LogP contribution is 2.41. The maximum absolute atomic E-state index is 14.8. The zero-order valence-corrected chi connectivity index (χ0v) is 42.4. The number of ketones is 1. The predicted molar refractivity (Wildman–Crippen MR) is 263 cm³/mol. The van der Waals surface area contributed by atoms with Crippen LogP contribution in [0.15, 0.2) is 120 Å². The average molecular weight is 921 g/mol. The summed E-state index contributed by atoms with van der Waals surface area (Å²) in [6, 6.07) is 36.6. The number of carbonyl (C=O) groups is 2. The van der Waals surface area contributed by atoms with Crippen LogP contribution in [0, 0.1) is 5.41 Å². The monoisotopic (exact) mass is 920 g/mol. The number of esters is 1. The molecule has 0 aromatic heterocycles. The second-order valence-electron chi connectivity index (χ2n) is 20.5. The highest BCUT2D eigenvalue weighted by atomic mass is 28.4. The Bertz CT molecular complexity index is 2120. The molecule has 9 nitrogen and oxygen atoms in total. The fraction of sp³-hybridized carbons (Fsp3) is 0.481. The first-order valence-electron chi connectivity index (χ1n) is 23.2. The summed E-state index contributed by atoms with van der Waals surface area (Å²) in [5, 5.41) is 2.04. The summed E-state index contributed by atoms with van der Waals surface area (Å²) in [6.45, 7) is 18.8. The lowest BCUT2D eigenvalue weighted by Gasteiger charge is -2.46. The van der Waals surface area contributed by atoms with E-state index in [1.165, 1.54) is 5.57 Å². The van der Waals surface area contributed by atoms with Crippen molar-refractivity contribution in [1.82, 2.24) is 0 Å². The van der Waals surface area contributed by atoms with Gasteiger partial charge in [-0.3, -0.25) is 9.59 Å². The maximum atomic E-state index is 14.8. The first-order valence-corrected chi connectivity index (χ1v) is 28.7. The number of benzene rings is 4. The molecule has 11 heteroatoms. The molecule has 0 amide bonds. The molecule has 350 valence electrons. The van der Waals surface area contributed by atoms with Crippen molar-refractivity contribution in [3.05, 3.63) is 132 Å². The van der Waals surface area contributed by atoms with Gasteiger partial charge in [-0.15, -0.1) is 0 Å². The van der Waals surface area contributed by atoms with E-state index in [4.69, 9.17) is 32.8 Å².